The van der Waals surface area contributed by atoms with Crippen molar-refractivity contribution in [1.82, 2.24) is 0 Å². The van der Waals surface area contributed by atoms with Gasteiger partial charge in [-0.1, -0.05) is 321 Å². The van der Waals surface area contributed by atoms with E-state index in [9.17, 15) is 14.4 Å². The van der Waals surface area contributed by atoms with Crippen LogP contribution >= 0.6 is 0 Å². The molecule has 0 aliphatic heterocycles. The minimum Gasteiger partial charge on any atom is -0.462 e. The van der Waals surface area contributed by atoms with Crippen LogP contribution in [-0.4, -0.2) is 37.2 Å². The predicted octanol–water partition coefficient (Wildman–Crippen LogP) is 22.2. The van der Waals surface area contributed by atoms with Crippen LogP contribution in [0, 0.1) is 0 Å². The average molecular weight is 1030 g/mol. The standard InChI is InChI=1S/C67H126O6/c1-4-7-10-13-16-18-20-22-24-26-28-30-32-33-35-36-38-40-42-44-46-48-51-54-57-60-66(69)72-63-64(62-71-65(68)59-56-53-50-15-12-9-6-3)73-67(70)61-58-55-52-49-47-45-43-41-39-37-34-31-29-27-25-23-21-19-17-14-11-8-5-2/h20,22,26,28,64H,4-19,21,23-25,27,29-63H2,1-3H3/b22-20-,28-26-. The molecule has 0 spiro atoms. The number of allylic oxidation sites excluding steroid dienone is 4. The van der Waals surface area contributed by atoms with Crippen molar-refractivity contribution in [3.63, 3.8) is 0 Å². The molecule has 1 atom stereocenters. The van der Waals surface area contributed by atoms with Crippen molar-refractivity contribution in [2.24, 2.45) is 0 Å². The second-order valence-corrected chi connectivity index (χ2v) is 22.4. The molecule has 0 aromatic carbocycles. The summed E-state index contributed by atoms with van der Waals surface area (Å²) in [6.07, 6.45) is 75.1. The Morgan fingerprint density at radius 3 is 0.753 bits per heavy atom. The predicted molar refractivity (Wildman–Crippen MR) is 316 cm³/mol. The van der Waals surface area contributed by atoms with E-state index >= 15 is 0 Å². The molecule has 0 bridgehead atoms. The fraction of sp³-hybridized carbons (Fsp3) is 0.896. The number of unbranched alkanes of at least 4 members (excludes halogenated alkanes) is 46. The van der Waals surface area contributed by atoms with E-state index in [1.54, 1.807) is 0 Å². The molecular formula is C67H126O6. The third kappa shape index (κ3) is 60.6. The Bertz CT molecular complexity index is 1180. The van der Waals surface area contributed by atoms with Crippen molar-refractivity contribution in [3.05, 3.63) is 24.3 Å². The van der Waals surface area contributed by atoms with Gasteiger partial charge >= 0.3 is 17.9 Å². The maximum atomic E-state index is 12.9. The lowest BCUT2D eigenvalue weighted by molar-refractivity contribution is -0.167. The summed E-state index contributed by atoms with van der Waals surface area (Å²) < 4.78 is 16.9. The fourth-order valence-corrected chi connectivity index (χ4v) is 10.0. The Hall–Kier alpha value is -2.11. The molecule has 6 nitrogen and oxygen atoms in total. The maximum absolute atomic E-state index is 12.9. The monoisotopic (exact) mass is 1030 g/mol. The van der Waals surface area contributed by atoms with Gasteiger partial charge in [0, 0.05) is 19.3 Å². The van der Waals surface area contributed by atoms with Gasteiger partial charge in [0.1, 0.15) is 13.2 Å². The maximum Gasteiger partial charge on any atom is 0.306 e. The Balaban J connectivity index is 4.06. The summed E-state index contributed by atoms with van der Waals surface area (Å²) in [5.41, 5.74) is 0. The van der Waals surface area contributed by atoms with E-state index in [1.165, 1.54) is 263 Å². The van der Waals surface area contributed by atoms with E-state index in [2.05, 4.69) is 45.1 Å². The van der Waals surface area contributed by atoms with Gasteiger partial charge in [-0.15, -0.1) is 0 Å². The van der Waals surface area contributed by atoms with Crippen LogP contribution < -0.4 is 0 Å². The first-order valence-corrected chi connectivity index (χ1v) is 32.8. The summed E-state index contributed by atoms with van der Waals surface area (Å²) in [5.74, 6) is -0.847. The van der Waals surface area contributed by atoms with Crippen LogP contribution in [0.3, 0.4) is 0 Å². The Kier molecular flexibility index (Phi) is 60.6. The second-order valence-electron chi connectivity index (χ2n) is 22.4. The molecule has 6 heteroatoms. The van der Waals surface area contributed by atoms with E-state index < -0.39 is 6.10 Å². The zero-order valence-electron chi connectivity index (χ0n) is 49.4. The highest BCUT2D eigenvalue weighted by Crippen LogP contribution is 2.18. The number of rotatable bonds is 61. The molecule has 430 valence electrons. The summed E-state index contributed by atoms with van der Waals surface area (Å²) in [6, 6.07) is 0. The van der Waals surface area contributed by atoms with Crippen LogP contribution in [0.4, 0.5) is 0 Å². The molecular weight excluding hydrogens is 901 g/mol. The molecule has 0 aromatic heterocycles. The highest BCUT2D eigenvalue weighted by molar-refractivity contribution is 5.71. The molecule has 0 heterocycles. The van der Waals surface area contributed by atoms with Crippen molar-refractivity contribution in [2.45, 2.75) is 374 Å². The van der Waals surface area contributed by atoms with Crippen LogP contribution in [-0.2, 0) is 28.6 Å². The normalized spacial score (nSPS) is 12.1. The highest BCUT2D eigenvalue weighted by atomic mass is 16.6. The molecule has 1 unspecified atom stereocenters. The summed E-state index contributed by atoms with van der Waals surface area (Å²) in [4.78, 5) is 38.1. The van der Waals surface area contributed by atoms with E-state index in [0.29, 0.717) is 19.3 Å². The molecule has 0 fully saturated rings. The number of hydrogen-bond acceptors (Lipinski definition) is 6. The van der Waals surface area contributed by atoms with Crippen LogP contribution in [0.2, 0.25) is 0 Å². The van der Waals surface area contributed by atoms with Crippen molar-refractivity contribution < 1.29 is 28.6 Å². The number of ether oxygens (including phenoxy) is 3. The van der Waals surface area contributed by atoms with Gasteiger partial charge in [-0.25, -0.2) is 0 Å². The topological polar surface area (TPSA) is 78.9 Å². The summed E-state index contributed by atoms with van der Waals surface area (Å²) in [6.45, 7) is 6.65. The fourth-order valence-electron chi connectivity index (χ4n) is 10.0. The summed E-state index contributed by atoms with van der Waals surface area (Å²) in [5, 5.41) is 0. The second kappa shape index (κ2) is 62.4. The van der Waals surface area contributed by atoms with Crippen molar-refractivity contribution >= 4 is 17.9 Å². The molecule has 0 aromatic rings. The first-order chi connectivity index (χ1) is 36.0. The summed E-state index contributed by atoms with van der Waals surface area (Å²) >= 11 is 0. The molecule has 0 aliphatic rings. The van der Waals surface area contributed by atoms with Gasteiger partial charge in [-0.05, 0) is 51.4 Å². The number of carbonyl (C=O) groups is 3. The van der Waals surface area contributed by atoms with Crippen LogP contribution in [0.5, 0.6) is 0 Å². The highest BCUT2D eigenvalue weighted by Gasteiger charge is 2.19. The van der Waals surface area contributed by atoms with Gasteiger partial charge in [-0.3, -0.25) is 14.4 Å². The van der Waals surface area contributed by atoms with E-state index in [0.717, 1.165) is 64.2 Å². The molecule has 0 amide bonds. The van der Waals surface area contributed by atoms with Crippen LogP contribution in [0.25, 0.3) is 0 Å². The van der Waals surface area contributed by atoms with Gasteiger partial charge in [0.2, 0.25) is 0 Å². The third-order valence-electron chi connectivity index (χ3n) is 15.0. The lowest BCUT2D eigenvalue weighted by atomic mass is 10.0. The van der Waals surface area contributed by atoms with Crippen molar-refractivity contribution in [3.8, 4) is 0 Å². The number of carbonyl (C=O) groups excluding carboxylic acids is 3. The zero-order chi connectivity index (χ0) is 52.9. The average Bonchev–Trinajstić information content (AvgIpc) is 3.39. The van der Waals surface area contributed by atoms with Crippen LogP contribution in [0.15, 0.2) is 24.3 Å². The molecule has 0 saturated heterocycles. The quantitative estimate of drug-likeness (QED) is 0.0261. The SMILES string of the molecule is CCCCCCC/C=C\C/C=C\CCCCCCCCCCCCCCCC(=O)OCC(COC(=O)CCCCCCCCC)OC(=O)CCCCCCCCCCCCCCCCCCCCCCCCC. The smallest absolute Gasteiger partial charge is 0.306 e. The Morgan fingerprint density at radius 2 is 0.493 bits per heavy atom. The van der Waals surface area contributed by atoms with E-state index in [4.69, 9.17) is 14.2 Å². The lowest BCUT2D eigenvalue weighted by Crippen LogP contribution is -2.30. The molecule has 0 aliphatic carbocycles. The first-order valence-electron chi connectivity index (χ1n) is 32.8. The molecule has 0 saturated carbocycles. The minimum absolute atomic E-state index is 0.0660. The zero-order valence-corrected chi connectivity index (χ0v) is 49.4. The number of esters is 3. The Labute approximate surface area is 455 Å². The van der Waals surface area contributed by atoms with Gasteiger partial charge in [0.25, 0.3) is 0 Å². The third-order valence-corrected chi connectivity index (χ3v) is 15.0. The van der Waals surface area contributed by atoms with Crippen molar-refractivity contribution in [2.75, 3.05) is 13.2 Å². The summed E-state index contributed by atoms with van der Waals surface area (Å²) in [7, 11) is 0. The number of hydrogen-bond donors (Lipinski definition) is 0. The molecule has 0 rings (SSSR count). The first kappa shape index (κ1) is 70.9. The Morgan fingerprint density at radius 1 is 0.274 bits per heavy atom. The largest absolute Gasteiger partial charge is 0.462 e. The van der Waals surface area contributed by atoms with E-state index in [-0.39, 0.29) is 31.1 Å². The lowest BCUT2D eigenvalue weighted by Gasteiger charge is -2.18. The van der Waals surface area contributed by atoms with Crippen LogP contribution in [0.1, 0.15) is 367 Å². The van der Waals surface area contributed by atoms with Gasteiger partial charge < -0.3 is 14.2 Å². The van der Waals surface area contributed by atoms with Gasteiger partial charge in [-0.2, -0.15) is 0 Å². The molecule has 73 heavy (non-hydrogen) atoms. The van der Waals surface area contributed by atoms with Gasteiger partial charge in [0.15, 0.2) is 6.10 Å². The van der Waals surface area contributed by atoms with Crippen molar-refractivity contribution in [1.29, 1.82) is 0 Å². The minimum atomic E-state index is -0.765. The van der Waals surface area contributed by atoms with E-state index in [1.807, 2.05) is 0 Å². The molecule has 0 N–H and O–H groups in total. The van der Waals surface area contributed by atoms with Gasteiger partial charge in [0.05, 0.1) is 0 Å². The molecule has 0 radical (unpaired) electrons.